The van der Waals surface area contributed by atoms with Crippen molar-refractivity contribution in [3.05, 3.63) is 28.3 Å². The average Bonchev–Trinajstić information content (AvgIpc) is 2.09. The molecule has 2 heteroatoms. The third kappa shape index (κ3) is 3.13. The van der Waals surface area contributed by atoms with Gasteiger partial charge in [-0.15, -0.1) is 0 Å². The summed E-state index contributed by atoms with van der Waals surface area (Å²) in [5.74, 6) is 1.24. The molecular weight excluding hydrogens is 208 g/mol. The van der Waals surface area contributed by atoms with E-state index in [1.807, 2.05) is 6.07 Å². The lowest BCUT2D eigenvalue weighted by atomic mass is 9.96. The molecule has 0 saturated heterocycles. The van der Waals surface area contributed by atoms with Crippen molar-refractivity contribution < 1.29 is 5.11 Å². The molecule has 15 heavy (non-hydrogen) atoms. The second kappa shape index (κ2) is 4.89. The van der Waals surface area contributed by atoms with E-state index in [1.54, 1.807) is 6.07 Å². The molecular formula is C13H19ClO. The van der Waals surface area contributed by atoms with Crippen LogP contribution in [0.2, 0.25) is 5.02 Å². The number of hydrogen-bond acceptors (Lipinski definition) is 1. The summed E-state index contributed by atoms with van der Waals surface area (Å²) in [6.07, 6.45) is 0.865. The summed E-state index contributed by atoms with van der Waals surface area (Å²) in [6, 6.07) is 3.69. The smallest absolute Gasteiger partial charge is 0.119 e. The van der Waals surface area contributed by atoms with Crippen LogP contribution in [-0.2, 0) is 6.42 Å². The van der Waals surface area contributed by atoms with E-state index < -0.39 is 0 Å². The maximum atomic E-state index is 9.85. The van der Waals surface area contributed by atoms with Crippen LogP contribution in [-0.4, -0.2) is 5.11 Å². The summed E-state index contributed by atoms with van der Waals surface area (Å²) in [5, 5.41) is 10.6. The number of rotatable bonds is 3. The highest BCUT2D eigenvalue weighted by Crippen LogP contribution is 2.32. The lowest BCUT2D eigenvalue weighted by molar-refractivity contribution is 0.461. The lowest BCUT2D eigenvalue weighted by Gasteiger charge is -2.13. The highest BCUT2D eigenvalue weighted by atomic mass is 35.5. The fourth-order valence-corrected chi connectivity index (χ4v) is 2.07. The van der Waals surface area contributed by atoms with Crippen molar-refractivity contribution in [3.63, 3.8) is 0 Å². The molecule has 0 unspecified atom stereocenters. The zero-order valence-corrected chi connectivity index (χ0v) is 10.6. The molecule has 0 fully saturated rings. The highest BCUT2D eigenvalue weighted by Gasteiger charge is 2.11. The van der Waals surface area contributed by atoms with Gasteiger partial charge in [0, 0.05) is 5.02 Å². The average molecular weight is 227 g/mol. The van der Waals surface area contributed by atoms with Gasteiger partial charge in [-0.1, -0.05) is 39.3 Å². The molecule has 0 bridgehead atoms. The van der Waals surface area contributed by atoms with E-state index >= 15 is 0 Å². The molecule has 1 rings (SSSR count). The summed E-state index contributed by atoms with van der Waals surface area (Å²) < 4.78 is 0. The third-order valence-corrected chi connectivity index (χ3v) is 2.78. The molecule has 0 aromatic heterocycles. The minimum atomic E-state index is 0.344. The van der Waals surface area contributed by atoms with Crippen LogP contribution in [0.3, 0.4) is 0 Å². The molecule has 1 aromatic rings. The Bertz CT molecular complexity index is 343. The van der Waals surface area contributed by atoms with Crippen LogP contribution in [0.5, 0.6) is 5.75 Å². The number of halogens is 1. The first kappa shape index (κ1) is 12.4. The van der Waals surface area contributed by atoms with Crippen LogP contribution in [0.25, 0.3) is 0 Å². The van der Waals surface area contributed by atoms with Crippen molar-refractivity contribution in [2.45, 2.75) is 40.0 Å². The summed E-state index contributed by atoms with van der Waals surface area (Å²) in [5.41, 5.74) is 1.96. The summed E-state index contributed by atoms with van der Waals surface area (Å²) in [7, 11) is 0. The molecule has 0 atom stereocenters. The van der Waals surface area contributed by atoms with Crippen molar-refractivity contribution >= 4 is 11.6 Å². The lowest BCUT2D eigenvalue weighted by Crippen LogP contribution is -1.97. The van der Waals surface area contributed by atoms with E-state index in [1.165, 1.54) is 0 Å². The molecule has 1 nitrogen and oxygen atoms in total. The Hall–Kier alpha value is -0.690. The normalized spacial score (nSPS) is 11.4. The molecule has 0 heterocycles. The minimum Gasteiger partial charge on any atom is -0.508 e. The number of phenolic OH excluding ortho intramolecular Hbond substituents is 1. The SMILES string of the molecule is CC(C)Cc1cc(Cl)c(C(C)C)cc1O. The maximum absolute atomic E-state index is 9.85. The van der Waals surface area contributed by atoms with E-state index in [2.05, 4.69) is 27.7 Å². The maximum Gasteiger partial charge on any atom is 0.119 e. The van der Waals surface area contributed by atoms with Crippen molar-refractivity contribution in [3.8, 4) is 5.75 Å². The van der Waals surface area contributed by atoms with Crippen molar-refractivity contribution in [2.24, 2.45) is 5.92 Å². The molecule has 0 amide bonds. The van der Waals surface area contributed by atoms with E-state index in [0.717, 1.165) is 22.6 Å². The molecule has 0 aliphatic carbocycles. The van der Waals surface area contributed by atoms with Crippen LogP contribution in [0, 0.1) is 5.92 Å². The number of aromatic hydroxyl groups is 1. The summed E-state index contributed by atoms with van der Waals surface area (Å²) in [4.78, 5) is 0. The molecule has 0 spiro atoms. The van der Waals surface area contributed by atoms with Crippen molar-refractivity contribution in [2.75, 3.05) is 0 Å². The molecule has 0 aliphatic heterocycles. The monoisotopic (exact) mass is 226 g/mol. The second-order valence-electron chi connectivity index (χ2n) is 4.76. The Morgan fingerprint density at radius 3 is 2.27 bits per heavy atom. The first-order valence-electron chi connectivity index (χ1n) is 5.43. The summed E-state index contributed by atoms with van der Waals surface area (Å²) >= 11 is 6.17. The highest BCUT2D eigenvalue weighted by molar-refractivity contribution is 6.31. The quantitative estimate of drug-likeness (QED) is 0.812. The molecule has 0 aliphatic rings. The Kier molecular flexibility index (Phi) is 4.04. The number of phenols is 1. The summed E-state index contributed by atoms with van der Waals surface area (Å²) in [6.45, 7) is 8.40. The van der Waals surface area contributed by atoms with Crippen molar-refractivity contribution in [1.29, 1.82) is 0 Å². The first-order chi connectivity index (χ1) is 6.91. The third-order valence-electron chi connectivity index (χ3n) is 2.45. The first-order valence-corrected chi connectivity index (χ1v) is 5.81. The van der Waals surface area contributed by atoms with Gasteiger partial charge in [0.2, 0.25) is 0 Å². The van der Waals surface area contributed by atoms with Crippen LogP contribution >= 0.6 is 11.6 Å². The van der Waals surface area contributed by atoms with Gasteiger partial charge in [-0.25, -0.2) is 0 Å². The zero-order valence-electron chi connectivity index (χ0n) is 9.84. The largest absolute Gasteiger partial charge is 0.508 e. The van der Waals surface area contributed by atoms with Crippen LogP contribution in [0.1, 0.15) is 44.7 Å². The number of benzene rings is 1. The van der Waals surface area contributed by atoms with Gasteiger partial charge < -0.3 is 5.11 Å². The Morgan fingerprint density at radius 2 is 1.80 bits per heavy atom. The molecule has 0 saturated carbocycles. The predicted octanol–water partition coefficient (Wildman–Crippen LogP) is 4.37. The van der Waals surface area contributed by atoms with E-state index in [0.29, 0.717) is 17.6 Å². The Balaban J connectivity index is 3.08. The van der Waals surface area contributed by atoms with Crippen molar-refractivity contribution in [1.82, 2.24) is 0 Å². The fraction of sp³-hybridized carbons (Fsp3) is 0.538. The minimum absolute atomic E-state index is 0.344. The molecule has 1 aromatic carbocycles. The number of hydrogen-bond donors (Lipinski definition) is 1. The van der Waals surface area contributed by atoms with Gasteiger partial charge in [0.1, 0.15) is 5.75 Å². The Morgan fingerprint density at radius 1 is 1.20 bits per heavy atom. The van der Waals surface area contributed by atoms with Gasteiger partial charge >= 0.3 is 0 Å². The van der Waals surface area contributed by atoms with Gasteiger partial charge in [0.25, 0.3) is 0 Å². The van der Waals surface area contributed by atoms with Gasteiger partial charge in [-0.3, -0.25) is 0 Å². The topological polar surface area (TPSA) is 20.2 Å². The van der Waals surface area contributed by atoms with Gasteiger partial charge in [-0.2, -0.15) is 0 Å². The van der Waals surface area contributed by atoms with Gasteiger partial charge in [-0.05, 0) is 41.5 Å². The standard InChI is InChI=1S/C13H19ClO/c1-8(2)5-10-6-12(14)11(9(3)4)7-13(10)15/h6-9,15H,5H2,1-4H3. The van der Waals surface area contributed by atoms with Gasteiger partial charge in [0.15, 0.2) is 0 Å². The molecule has 84 valence electrons. The van der Waals surface area contributed by atoms with E-state index in [-0.39, 0.29) is 0 Å². The van der Waals surface area contributed by atoms with Gasteiger partial charge in [0.05, 0.1) is 0 Å². The van der Waals surface area contributed by atoms with Crippen LogP contribution < -0.4 is 0 Å². The van der Waals surface area contributed by atoms with E-state index in [4.69, 9.17) is 11.6 Å². The van der Waals surface area contributed by atoms with Crippen LogP contribution in [0.4, 0.5) is 0 Å². The molecule has 0 radical (unpaired) electrons. The van der Waals surface area contributed by atoms with E-state index in [9.17, 15) is 5.11 Å². The predicted molar refractivity (Wildman–Crippen MR) is 65.7 cm³/mol. The molecule has 1 N–H and O–H groups in total. The zero-order chi connectivity index (χ0) is 11.6. The second-order valence-corrected chi connectivity index (χ2v) is 5.16. The fourth-order valence-electron chi connectivity index (χ4n) is 1.66. The Labute approximate surface area is 97.1 Å². The van der Waals surface area contributed by atoms with Crippen LogP contribution in [0.15, 0.2) is 12.1 Å².